The van der Waals surface area contributed by atoms with Gasteiger partial charge in [-0.1, -0.05) is 54.6 Å². The first-order valence-electron chi connectivity index (χ1n) is 9.06. The van der Waals surface area contributed by atoms with Gasteiger partial charge in [-0.15, -0.1) is 0 Å². The third kappa shape index (κ3) is 3.95. The van der Waals surface area contributed by atoms with Gasteiger partial charge in [0, 0.05) is 16.8 Å². The Morgan fingerprint density at radius 1 is 0.926 bits per heavy atom. The molecule has 0 fully saturated rings. The highest BCUT2D eigenvalue weighted by atomic mass is 16.5. The molecule has 0 bridgehead atoms. The summed E-state index contributed by atoms with van der Waals surface area (Å²) < 4.78 is 11.1. The highest BCUT2D eigenvalue weighted by molar-refractivity contribution is 6.04. The van der Waals surface area contributed by atoms with Crippen molar-refractivity contribution in [3.05, 3.63) is 83.9 Å². The van der Waals surface area contributed by atoms with E-state index >= 15 is 0 Å². The Labute approximate surface area is 157 Å². The highest BCUT2D eigenvalue weighted by Crippen LogP contribution is 2.29. The van der Waals surface area contributed by atoms with Crippen molar-refractivity contribution >= 4 is 28.0 Å². The van der Waals surface area contributed by atoms with Gasteiger partial charge in [0.05, 0.1) is 0 Å². The van der Waals surface area contributed by atoms with E-state index < -0.39 is 6.09 Å². The van der Waals surface area contributed by atoms with Crippen LogP contribution < -0.4 is 5.32 Å². The number of carbonyl (C=O) groups is 1. The number of carbonyl (C=O) groups excluding carboxylic acids is 1. The second-order valence-electron chi connectivity index (χ2n) is 6.74. The van der Waals surface area contributed by atoms with Crippen LogP contribution >= 0.6 is 0 Å². The number of benzene rings is 3. The van der Waals surface area contributed by atoms with Gasteiger partial charge in [-0.2, -0.15) is 0 Å². The maximum absolute atomic E-state index is 12.0. The van der Waals surface area contributed by atoms with Crippen LogP contribution in [0.4, 0.5) is 4.79 Å². The lowest BCUT2D eigenvalue weighted by Crippen LogP contribution is -2.34. The molecule has 4 aromatic rings. The van der Waals surface area contributed by atoms with Crippen molar-refractivity contribution in [3.63, 3.8) is 0 Å². The number of para-hydroxylation sites is 1. The van der Waals surface area contributed by atoms with Crippen LogP contribution in [-0.4, -0.2) is 12.1 Å². The molecule has 1 aromatic heterocycles. The minimum absolute atomic E-state index is 0.0381. The van der Waals surface area contributed by atoms with Crippen molar-refractivity contribution in [2.45, 2.75) is 26.0 Å². The molecule has 0 aliphatic rings. The van der Waals surface area contributed by atoms with E-state index in [4.69, 9.17) is 9.15 Å². The van der Waals surface area contributed by atoms with Gasteiger partial charge in [-0.05, 0) is 42.7 Å². The van der Waals surface area contributed by atoms with Crippen molar-refractivity contribution in [1.82, 2.24) is 5.32 Å². The molecule has 1 amide bonds. The Morgan fingerprint density at radius 3 is 2.52 bits per heavy atom. The van der Waals surface area contributed by atoms with E-state index in [9.17, 15) is 4.79 Å². The molecule has 0 radical (unpaired) electrons. The van der Waals surface area contributed by atoms with Gasteiger partial charge >= 0.3 is 6.09 Å². The number of hydrogen-bond donors (Lipinski definition) is 1. The number of alkyl carbamates (subject to hydrolysis) is 1. The Kier molecular flexibility index (Phi) is 4.79. The van der Waals surface area contributed by atoms with Crippen molar-refractivity contribution in [2.24, 2.45) is 0 Å². The van der Waals surface area contributed by atoms with Gasteiger partial charge < -0.3 is 14.5 Å². The van der Waals surface area contributed by atoms with Gasteiger partial charge in [0.2, 0.25) is 0 Å². The highest BCUT2D eigenvalue weighted by Gasteiger charge is 2.12. The van der Waals surface area contributed by atoms with Crippen LogP contribution in [0.5, 0.6) is 0 Å². The number of nitrogens with one attached hydrogen (secondary N) is 1. The largest absolute Gasteiger partial charge is 0.456 e. The summed E-state index contributed by atoms with van der Waals surface area (Å²) in [6, 6.07) is 23.8. The first-order valence-corrected chi connectivity index (χ1v) is 9.06. The molecule has 0 saturated heterocycles. The molecular formula is C23H21NO3. The SMILES string of the molecule is CC(Cc1ccc2oc3ccccc3c2c1)NC(=O)OCc1ccccc1. The van der Waals surface area contributed by atoms with Crippen LogP contribution in [0.3, 0.4) is 0 Å². The van der Waals surface area contributed by atoms with Crippen molar-refractivity contribution in [2.75, 3.05) is 0 Å². The molecule has 136 valence electrons. The summed E-state index contributed by atoms with van der Waals surface area (Å²) in [6.45, 7) is 2.24. The van der Waals surface area contributed by atoms with Crippen LogP contribution in [0.15, 0.2) is 77.2 Å². The second kappa shape index (κ2) is 7.54. The van der Waals surface area contributed by atoms with Gasteiger partial charge in [0.1, 0.15) is 17.8 Å². The van der Waals surface area contributed by atoms with E-state index in [0.29, 0.717) is 0 Å². The monoisotopic (exact) mass is 359 g/mol. The third-order valence-corrected chi connectivity index (χ3v) is 4.56. The summed E-state index contributed by atoms with van der Waals surface area (Å²) in [6.07, 6.45) is 0.316. The summed E-state index contributed by atoms with van der Waals surface area (Å²) in [7, 11) is 0. The molecule has 1 heterocycles. The lowest BCUT2D eigenvalue weighted by atomic mass is 10.0. The fraction of sp³-hybridized carbons (Fsp3) is 0.174. The predicted molar refractivity (Wildman–Crippen MR) is 107 cm³/mol. The molecule has 0 saturated carbocycles. The zero-order chi connectivity index (χ0) is 18.6. The van der Waals surface area contributed by atoms with Gasteiger partial charge in [-0.3, -0.25) is 0 Å². The molecule has 27 heavy (non-hydrogen) atoms. The zero-order valence-electron chi connectivity index (χ0n) is 15.1. The first kappa shape index (κ1) is 17.2. The third-order valence-electron chi connectivity index (χ3n) is 4.56. The first-order chi connectivity index (χ1) is 13.2. The molecule has 1 unspecified atom stereocenters. The molecule has 1 N–H and O–H groups in total. The Balaban J connectivity index is 1.39. The smallest absolute Gasteiger partial charge is 0.407 e. The van der Waals surface area contributed by atoms with Crippen LogP contribution in [0.25, 0.3) is 21.9 Å². The molecule has 0 spiro atoms. The van der Waals surface area contributed by atoms with Crippen LogP contribution in [-0.2, 0) is 17.8 Å². The van der Waals surface area contributed by atoms with Gasteiger partial charge in [0.25, 0.3) is 0 Å². The zero-order valence-corrected chi connectivity index (χ0v) is 15.1. The quantitative estimate of drug-likeness (QED) is 0.516. The molecule has 0 aliphatic carbocycles. The van der Waals surface area contributed by atoms with Crippen LogP contribution in [0.1, 0.15) is 18.1 Å². The summed E-state index contributed by atoms with van der Waals surface area (Å²) in [4.78, 5) is 12.0. The molecule has 1 atom stereocenters. The number of furan rings is 1. The fourth-order valence-electron chi connectivity index (χ4n) is 3.27. The number of ether oxygens (including phenoxy) is 1. The topological polar surface area (TPSA) is 51.5 Å². The van der Waals surface area contributed by atoms with E-state index in [1.165, 1.54) is 0 Å². The Hall–Kier alpha value is -3.27. The van der Waals surface area contributed by atoms with E-state index in [1.54, 1.807) is 0 Å². The Morgan fingerprint density at radius 2 is 1.67 bits per heavy atom. The van der Waals surface area contributed by atoms with E-state index in [-0.39, 0.29) is 12.6 Å². The lowest BCUT2D eigenvalue weighted by Gasteiger charge is -2.14. The van der Waals surface area contributed by atoms with Crippen LogP contribution in [0, 0.1) is 0 Å². The average molecular weight is 359 g/mol. The normalized spacial score (nSPS) is 12.2. The van der Waals surface area contributed by atoms with Crippen molar-refractivity contribution < 1.29 is 13.9 Å². The predicted octanol–water partition coefficient (Wildman–Crippen LogP) is 5.44. The number of fused-ring (bicyclic) bond motifs is 3. The minimum atomic E-state index is -0.402. The molecular weight excluding hydrogens is 338 g/mol. The van der Waals surface area contributed by atoms with Crippen molar-refractivity contribution in [1.29, 1.82) is 0 Å². The summed E-state index contributed by atoms with van der Waals surface area (Å²) in [5.41, 5.74) is 3.88. The average Bonchev–Trinajstić information content (AvgIpc) is 3.05. The van der Waals surface area contributed by atoms with E-state index in [2.05, 4.69) is 17.4 Å². The van der Waals surface area contributed by atoms with Crippen LogP contribution in [0.2, 0.25) is 0 Å². The molecule has 4 rings (SSSR count). The molecule has 0 aliphatic heterocycles. The lowest BCUT2D eigenvalue weighted by molar-refractivity contribution is 0.136. The maximum atomic E-state index is 12.0. The summed E-state index contributed by atoms with van der Waals surface area (Å²) in [5, 5.41) is 5.10. The van der Waals surface area contributed by atoms with E-state index in [1.807, 2.05) is 67.6 Å². The summed E-state index contributed by atoms with van der Waals surface area (Å²) in [5.74, 6) is 0. The number of rotatable bonds is 5. The number of amides is 1. The molecule has 3 aromatic carbocycles. The standard InChI is InChI=1S/C23H21NO3/c1-16(24-23(25)26-15-17-7-3-2-4-8-17)13-18-11-12-22-20(14-18)19-9-5-6-10-21(19)27-22/h2-12,14,16H,13,15H2,1H3,(H,24,25). The van der Waals surface area contributed by atoms with Gasteiger partial charge in [-0.25, -0.2) is 4.79 Å². The maximum Gasteiger partial charge on any atom is 0.407 e. The molecule has 4 nitrogen and oxygen atoms in total. The molecule has 4 heteroatoms. The second-order valence-corrected chi connectivity index (χ2v) is 6.74. The number of hydrogen-bond acceptors (Lipinski definition) is 3. The fourth-order valence-corrected chi connectivity index (χ4v) is 3.27. The Bertz CT molecular complexity index is 1070. The van der Waals surface area contributed by atoms with Gasteiger partial charge in [0.15, 0.2) is 0 Å². The van der Waals surface area contributed by atoms with Crippen molar-refractivity contribution in [3.8, 4) is 0 Å². The van der Waals surface area contributed by atoms with E-state index in [0.717, 1.165) is 39.5 Å². The minimum Gasteiger partial charge on any atom is -0.456 e. The summed E-state index contributed by atoms with van der Waals surface area (Å²) >= 11 is 0.